The van der Waals surface area contributed by atoms with Crippen LogP contribution in [0.2, 0.25) is 5.02 Å². The lowest BCUT2D eigenvalue weighted by Gasteiger charge is -2.09. The lowest BCUT2D eigenvalue weighted by molar-refractivity contribution is -0.129. The highest BCUT2D eigenvalue weighted by Gasteiger charge is 2.23. The molecule has 1 aliphatic rings. The number of ether oxygens (including phenoxy) is 3. The van der Waals surface area contributed by atoms with Gasteiger partial charge in [0.2, 0.25) is 5.90 Å². The number of carbonyl (C=O) groups is 1. The van der Waals surface area contributed by atoms with E-state index in [0.717, 1.165) is 11.1 Å². The Morgan fingerprint density at radius 3 is 2.33 bits per heavy atom. The standard InChI is InChI=1S/C24H18ClNO4/c25-20-8-4-5-9-22(20)29-15-14-28-19-12-10-17(11-13-19)16-21-24(27)30-23(26-21)18-6-2-1-3-7-18/h1-13,16H,14-15H2/b21-16-. The molecule has 1 heterocycles. The average molecular weight is 420 g/mol. The minimum atomic E-state index is -0.467. The summed E-state index contributed by atoms with van der Waals surface area (Å²) in [5.41, 5.74) is 1.84. The summed E-state index contributed by atoms with van der Waals surface area (Å²) < 4.78 is 16.5. The second-order valence-corrected chi connectivity index (χ2v) is 6.81. The molecule has 0 spiro atoms. The van der Waals surface area contributed by atoms with E-state index in [1.807, 2.05) is 72.8 Å². The summed E-state index contributed by atoms with van der Waals surface area (Å²) >= 11 is 6.05. The molecule has 0 aliphatic carbocycles. The summed E-state index contributed by atoms with van der Waals surface area (Å²) in [5, 5.41) is 0.568. The maximum atomic E-state index is 12.1. The van der Waals surface area contributed by atoms with Crippen LogP contribution in [0.4, 0.5) is 0 Å². The van der Waals surface area contributed by atoms with Crippen molar-refractivity contribution in [3.05, 3.63) is 101 Å². The molecule has 5 nitrogen and oxygen atoms in total. The Balaban J connectivity index is 1.34. The van der Waals surface area contributed by atoms with E-state index in [0.29, 0.717) is 35.6 Å². The van der Waals surface area contributed by atoms with Gasteiger partial charge in [-0.25, -0.2) is 9.79 Å². The van der Waals surface area contributed by atoms with Gasteiger partial charge in [-0.05, 0) is 48.0 Å². The molecule has 4 rings (SSSR count). The van der Waals surface area contributed by atoms with E-state index in [1.54, 1.807) is 12.1 Å². The van der Waals surface area contributed by atoms with Crippen LogP contribution in [-0.4, -0.2) is 25.1 Å². The predicted molar refractivity (Wildman–Crippen MR) is 116 cm³/mol. The molecule has 0 saturated heterocycles. The minimum absolute atomic E-state index is 0.260. The molecule has 3 aromatic carbocycles. The van der Waals surface area contributed by atoms with Crippen molar-refractivity contribution in [3.63, 3.8) is 0 Å². The van der Waals surface area contributed by atoms with Crippen molar-refractivity contribution in [2.24, 2.45) is 4.99 Å². The second-order valence-electron chi connectivity index (χ2n) is 6.40. The molecule has 0 radical (unpaired) electrons. The van der Waals surface area contributed by atoms with Crippen molar-refractivity contribution in [2.75, 3.05) is 13.2 Å². The third-order valence-electron chi connectivity index (χ3n) is 4.27. The van der Waals surface area contributed by atoms with E-state index in [1.165, 1.54) is 0 Å². The summed E-state index contributed by atoms with van der Waals surface area (Å²) in [6.45, 7) is 0.751. The van der Waals surface area contributed by atoms with Crippen molar-refractivity contribution in [1.82, 2.24) is 0 Å². The van der Waals surface area contributed by atoms with Crippen molar-refractivity contribution < 1.29 is 19.0 Å². The number of esters is 1. The van der Waals surface area contributed by atoms with Crippen molar-refractivity contribution in [3.8, 4) is 11.5 Å². The Morgan fingerprint density at radius 1 is 0.867 bits per heavy atom. The lowest BCUT2D eigenvalue weighted by Crippen LogP contribution is -2.09. The zero-order valence-electron chi connectivity index (χ0n) is 16.0. The van der Waals surface area contributed by atoms with Gasteiger partial charge in [-0.3, -0.25) is 0 Å². The van der Waals surface area contributed by atoms with Gasteiger partial charge in [0.05, 0.1) is 5.02 Å². The fraction of sp³-hybridized carbons (Fsp3) is 0.0833. The van der Waals surface area contributed by atoms with Crippen molar-refractivity contribution >= 4 is 29.5 Å². The molecule has 0 fully saturated rings. The van der Waals surface area contributed by atoms with Crippen LogP contribution >= 0.6 is 11.6 Å². The molecule has 0 atom stereocenters. The van der Waals surface area contributed by atoms with Crippen LogP contribution in [0.15, 0.2) is 89.6 Å². The monoisotopic (exact) mass is 419 g/mol. The number of hydrogen-bond acceptors (Lipinski definition) is 5. The first-order valence-electron chi connectivity index (χ1n) is 9.37. The summed E-state index contributed by atoms with van der Waals surface area (Å²) in [4.78, 5) is 16.4. The summed E-state index contributed by atoms with van der Waals surface area (Å²) in [6, 6.07) is 24.0. The Kier molecular flexibility index (Phi) is 6.11. The highest BCUT2D eigenvalue weighted by Crippen LogP contribution is 2.23. The first kappa shape index (κ1) is 19.7. The van der Waals surface area contributed by atoms with Gasteiger partial charge in [0, 0.05) is 5.56 Å². The van der Waals surface area contributed by atoms with E-state index >= 15 is 0 Å². The van der Waals surface area contributed by atoms with Crippen LogP contribution in [0, 0.1) is 0 Å². The van der Waals surface area contributed by atoms with Gasteiger partial charge in [0.1, 0.15) is 24.7 Å². The van der Waals surface area contributed by atoms with E-state index in [9.17, 15) is 4.79 Å². The van der Waals surface area contributed by atoms with Crippen LogP contribution in [0.25, 0.3) is 6.08 Å². The molecular weight excluding hydrogens is 402 g/mol. The van der Waals surface area contributed by atoms with E-state index in [4.69, 9.17) is 25.8 Å². The van der Waals surface area contributed by atoms with Gasteiger partial charge in [0.15, 0.2) is 5.70 Å². The fourth-order valence-corrected chi connectivity index (χ4v) is 2.99. The molecule has 3 aromatic rings. The van der Waals surface area contributed by atoms with Crippen molar-refractivity contribution in [1.29, 1.82) is 0 Å². The quantitative estimate of drug-likeness (QED) is 0.302. The van der Waals surface area contributed by atoms with Crippen LogP contribution in [0.3, 0.4) is 0 Å². The maximum Gasteiger partial charge on any atom is 0.363 e. The largest absolute Gasteiger partial charge is 0.490 e. The fourth-order valence-electron chi connectivity index (χ4n) is 2.80. The van der Waals surface area contributed by atoms with E-state index in [-0.39, 0.29) is 5.70 Å². The summed E-state index contributed by atoms with van der Waals surface area (Å²) in [5.74, 6) is 1.17. The first-order chi connectivity index (χ1) is 14.7. The minimum Gasteiger partial charge on any atom is -0.490 e. The Labute approximate surface area is 179 Å². The predicted octanol–water partition coefficient (Wildman–Crippen LogP) is 5.14. The SMILES string of the molecule is O=C1OC(c2ccccc2)=N/C1=C\c1ccc(OCCOc2ccccc2Cl)cc1. The third kappa shape index (κ3) is 4.88. The number of hydrogen-bond donors (Lipinski definition) is 0. The number of benzene rings is 3. The molecule has 150 valence electrons. The van der Waals surface area contributed by atoms with Gasteiger partial charge < -0.3 is 14.2 Å². The number of nitrogens with zero attached hydrogens (tertiary/aromatic N) is 1. The Hall–Kier alpha value is -3.57. The number of carbonyl (C=O) groups excluding carboxylic acids is 1. The molecule has 0 saturated carbocycles. The van der Waals surface area contributed by atoms with Gasteiger partial charge in [-0.2, -0.15) is 0 Å². The summed E-state index contributed by atoms with van der Waals surface area (Å²) in [6.07, 6.45) is 1.68. The first-order valence-corrected chi connectivity index (χ1v) is 9.75. The smallest absolute Gasteiger partial charge is 0.363 e. The highest BCUT2D eigenvalue weighted by molar-refractivity contribution is 6.32. The van der Waals surface area contributed by atoms with Gasteiger partial charge in [0.25, 0.3) is 0 Å². The van der Waals surface area contributed by atoms with Crippen molar-refractivity contribution in [2.45, 2.75) is 0 Å². The normalized spacial score (nSPS) is 14.4. The maximum absolute atomic E-state index is 12.1. The molecular formula is C24H18ClNO4. The topological polar surface area (TPSA) is 57.1 Å². The van der Waals surface area contributed by atoms with Crippen LogP contribution in [0.5, 0.6) is 11.5 Å². The third-order valence-corrected chi connectivity index (χ3v) is 4.58. The summed E-state index contributed by atoms with van der Waals surface area (Å²) in [7, 11) is 0. The van der Waals surface area contributed by atoms with E-state index in [2.05, 4.69) is 4.99 Å². The zero-order chi connectivity index (χ0) is 20.8. The van der Waals surface area contributed by atoms with E-state index < -0.39 is 5.97 Å². The molecule has 1 aliphatic heterocycles. The number of cyclic esters (lactones) is 1. The molecule has 6 heteroatoms. The van der Waals surface area contributed by atoms with Gasteiger partial charge in [-0.1, -0.05) is 54.1 Å². The average Bonchev–Trinajstić information content (AvgIpc) is 3.14. The second kappa shape index (κ2) is 9.29. The molecule has 0 N–H and O–H groups in total. The molecule has 0 amide bonds. The van der Waals surface area contributed by atoms with Gasteiger partial charge in [-0.15, -0.1) is 0 Å². The van der Waals surface area contributed by atoms with Crippen LogP contribution < -0.4 is 9.47 Å². The van der Waals surface area contributed by atoms with Crippen LogP contribution in [-0.2, 0) is 9.53 Å². The highest BCUT2D eigenvalue weighted by atomic mass is 35.5. The lowest BCUT2D eigenvalue weighted by atomic mass is 10.2. The zero-order valence-corrected chi connectivity index (χ0v) is 16.7. The number of aliphatic imine (C=N–C) groups is 1. The number of rotatable bonds is 7. The van der Waals surface area contributed by atoms with Crippen LogP contribution in [0.1, 0.15) is 11.1 Å². The molecule has 0 unspecified atom stereocenters. The molecule has 0 bridgehead atoms. The Bertz CT molecular complexity index is 1090. The number of para-hydroxylation sites is 1. The molecule has 0 aromatic heterocycles. The van der Waals surface area contributed by atoms with Gasteiger partial charge >= 0.3 is 5.97 Å². The Morgan fingerprint density at radius 2 is 1.57 bits per heavy atom. The molecule has 30 heavy (non-hydrogen) atoms. The number of halogens is 1.